The first-order chi connectivity index (χ1) is 5.35. The van der Waals surface area contributed by atoms with Crippen molar-refractivity contribution in [2.24, 2.45) is 5.73 Å². The molecule has 0 saturated heterocycles. The van der Waals surface area contributed by atoms with E-state index in [4.69, 9.17) is 10.2 Å². The molecule has 1 atom stereocenters. The van der Waals surface area contributed by atoms with Crippen molar-refractivity contribution in [1.82, 2.24) is 4.98 Å². The summed E-state index contributed by atoms with van der Waals surface area (Å²) in [4.78, 5) is 3.35. The van der Waals surface area contributed by atoms with E-state index in [1.54, 1.807) is 7.11 Å². The highest BCUT2D eigenvalue weighted by Crippen LogP contribution is 1.98. The zero-order chi connectivity index (χ0) is 8.53. The van der Waals surface area contributed by atoms with Crippen LogP contribution in [-0.4, -0.2) is 29.4 Å². The van der Waals surface area contributed by atoms with Crippen LogP contribution in [0.2, 0.25) is 6.04 Å². The lowest BCUT2D eigenvalue weighted by molar-refractivity contribution is 0.404. The molecule has 3 nitrogen and oxygen atoms in total. The van der Waals surface area contributed by atoms with Crippen LogP contribution in [0.4, 0.5) is 0 Å². The summed E-state index contributed by atoms with van der Waals surface area (Å²) in [6.45, 7) is 3.80. The fourth-order valence-corrected chi connectivity index (χ4v) is 2.81. The quantitative estimate of drug-likeness (QED) is 0.545. The Bertz CT molecular complexity index is 74.8. The van der Waals surface area contributed by atoms with Gasteiger partial charge in [0.25, 0.3) is 9.20 Å². The fourth-order valence-electron chi connectivity index (χ4n) is 0.937. The van der Waals surface area contributed by atoms with Gasteiger partial charge in [0.15, 0.2) is 0 Å². The summed E-state index contributed by atoms with van der Waals surface area (Å²) in [6, 6.07) is 1.22. The van der Waals surface area contributed by atoms with Crippen molar-refractivity contribution in [3.05, 3.63) is 0 Å². The Labute approximate surface area is 71.1 Å². The van der Waals surface area contributed by atoms with Gasteiger partial charge in [-0.25, -0.2) is 0 Å². The molecule has 0 aliphatic rings. The molecule has 0 rings (SSSR count). The molecule has 0 spiro atoms. The van der Waals surface area contributed by atoms with Crippen LogP contribution >= 0.6 is 0 Å². The van der Waals surface area contributed by atoms with E-state index in [1.165, 1.54) is 18.9 Å². The molecule has 11 heavy (non-hydrogen) atoms. The summed E-state index contributed by atoms with van der Waals surface area (Å²) in [5.74, 6) is 0. The van der Waals surface area contributed by atoms with Crippen LogP contribution < -0.4 is 10.7 Å². The predicted octanol–water partition coefficient (Wildman–Crippen LogP) is 0.202. The maximum Gasteiger partial charge on any atom is 0.251 e. The third kappa shape index (κ3) is 6.49. The molecule has 0 aliphatic carbocycles. The molecule has 0 aromatic carbocycles. The van der Waals surface area contributed by atoms with Gasteiger partial charge in [-0.3, -0.25) is 0 Å². The van der Waals surface area contributed by atoms with Crippen LogP contribution in [0.5, 0.6) is 0 Å². The molecule has 0 bridgehead atoms. The van der Waals surface area contributed by atoms with Crippen molar-refractivity contribution < 1.29 is 4.43 Å². The lowest BCUT2D eigenvalue weighted by Gasteiger charge is -2.13. The van der Waals surface area contributed by atoms with Gasteiger partial charge in [0.05, 0.1) is 0 Å². The van der Waals surface area contributed by atoms with E-state index in [9.17, 15) is 0 Å². The zero-order valence-electron chi connectivity index (χ0n) is 7.60. The molecule has 0 fully saturated rings. The molecule has 0 aliphatic heterocycles. The second-order valence-electron chi connectivity index (χ2n) is 2.61. The molecular formula is C7H20N2OSi. The summed E-state index contributed by atoms with van der Waals surface area (Å²) in [5, 5.41) is 0. The van der Waals surface area contributed by atoms with Crippen LogP contribution in [0.1, 0.15) is 19.8 Å². The van der Waals surface area contributed by atoms with Gasteiger partial charge in [-0.15, -0.1) is 0 Å². The zero-order valence-corrected chi connectivity index (χ0v) is 8.75. The van der Waals surface area contributed by atoms with E-state index in [0.29, 0.717) is 6.54 Å². The maximum absolute atomic E-state index is 5.36. The highest BCUT2D eigenvalue weighted by Gasteiger charge is 2.06. The van der Waals surface area contributed by atoms with Crippen molar-refractivity contribution in [2.75, 3.05) is 20.2 Å². The van der Waals surface area contributed by atoms with E-state index in [-0.39, 0.29) is 0 Å². The average molecular weight is 176 g/mol. The number of hydrogen-bond donors (Lipinski definition) is 2. The molecule has 0 aromatic heterocycles. The van der Waals surface area contributed by atoms with E-state index in [1.807, 2.05) is 0 Å². The third-order valence-corrected chi connectivity index (χ3v) is 3.87. The molecule has 0 heterocycles. The van der Waals surface area contributed by atoms with E-state index >= 15 is 0 Å². The molecule has 4 heteroatoms. The molecule has 0 aromatic rings. The first kappa shape index (κ1) is 11.1. The largest absolute Gasteiger partial charge is 0.409 e. The Morgan fingerprint density at radius 1 is 1.55 bits per heavy atom. The summed E-state index contributed by atoms with van der Waals surface area (Å²) in [6.07, 6.45) is 2.51. The predicted molar refractivity (Wildman–Crippen MR) is 50.9 cm³/mol. The highest BCUT2D eigenvalue weighted by atomic mass is 28.3. The summed E-state index contributed by atoms with van der Waals surface area (Å²) in [5.41, 5.74) is 5.36. The van der Waals surface area contributed by atoms with Crippen LogP contribution in [0.3, 0.4) is 0 Å². The minimum absolute atomic E-state index is 0.707. The van der Waals surface area contributed by atoms with Crippen molar-refractivity contribution in [2.45, 2.75) is 25.8 Å². The molecule has 0 radical (unpaired) electrons. The topological polar surface area (TPSA) is 47.3 Å². The second-order valence-corrected chi connectivity index (χ2v) is 5.04. The standard InChI is InChI=1S/C7H20N2OSi/c1-3-4-7-11(10-2)9-6-5-8/h9,11H,3-8H2,1-2H3. The van der Waals surface area contributed by atoms with Crippen molar-refractivity contribution in [1.29, 1.82) is 0 Å². The van der Waals surface area contributed by atoms with Gasteiger partial charge in [-0.05, 0) is 6.04 Å². The lowest BCUT2D eigenvalue weighted by Crippen LogP contribution is -2.38. The van der Waals surface area contributed by atoms with Crippen LogP contribution in [-0.2, 0) is 4.43 Å². The Morgan fingerprint density at radius 2 is 2.27 bits per heavy atom. The first-order valence-corrected chi connectivity index (χ1v) is 6.18. The molecule has 3 N–H and O–H groups in total. The Hall–Kier alpha value is 0.0969. The fraction of sp³-hybridized carbons (Fsp3) is 1.00. The Kier molecular flexibility index (Phi) is 8.27. The summed E-state index contributed by atoms with van der Waals surface area (Å²) >= 11 is 0. The van der Waals surface area contributed by atoms with Crippen LogP contribution in [0.25, 0.3) is 0 Å². The summed E-state index contributed by atoms with van der Waals surface area (Å²) in [7, 11) is 0.710. The maximum atomic E-state index is 5.36. The smallest absolute Gasteiger partial charge is 0.251 e. The number of nitrogens with two attached hydrogens (primary N) is 1. The van der Waals surface area contributed by atoms with Gasteiger partial charge in [-0.2, -0.15) is 0 Å². The molecular weight excluding hydrogens is 156 g/mol. The Balaban J connectivity index is 3.25. The SMILES string of the molecule is CCCC[SiH](NCCN)OC. The number of unbranched alkanes of at least 4 members (excludes halogenated alkanes) is 1. The first-order valence-electron chi connectivity index (χ1n) is 4.31. The van der Waals surface area contributed by atoms with Gasteiger partial charge in [-0.1, -0.05) is 19.8 Å². The number of hydrogen-bond acceptors (Lipinski definition) is 3. The minimum atomic E-state index is -1.08. The van der Waals surface area contributed by atoms with Gasteiger partial charge in [0.2, 0.25) is 0 Å². The van der Waals surface area contributed by atoms with Crippen molar-refractivity contribution in [3.8, 4) is 0 Å². The summed E-state index contributed by atoms with van der Waals surface area (Å²) < 4.78 is 5.33. The van der Waals surface area contributed by atoms with Gasteiger partial charge >= 0.3 is 0 Å². The van der Waals surface area contributed by atoms with Crippen LogP contribution in [0.15, 0.2) is 0 Å². The normalized spacial score (nSPS) is 13.4. The average Bonchev–Trinajstić information content (AvgIpc) is 2.05. The molecule has 0 amide bonds. The highest BCUT2D eigenvalue weighted by molar-refractivity contribution is 6.48. The van der Waals surface area contributed by atoms with E-state index in [0.717, 1.165) is 6.54 Å². The molecule has 0 saturated carbocycles. The Morgan fingerprint density at radius 3 is 2.73 bits per heavy atom. The molecule has 1 unspecified atom stereocenters. The van der Waals surface area contributed by atoms with E-state index in [2.05, 4.69) is 11.9 Å². The minimum Gasteiger partial charge on any atom is -0.409 e. The molecule has 68 valence electrons. The van der Waals surface area contributed by atoms with Crippen LogP contribution in [0, 0.1) is 0 Å². The van der Waals surface area contributed by atoms with Gasteiger partial charge in [0.1, 0.15) is 0 Å². The third-order valence-electron chi connectivity index (χ3n) is 1.62. The van der Waals surface area contributed by atoms with Gasteiger partial charge in [0, 0.05) is 20.2 Å². The van der Waals surface area contributed by atoms with Crippen molar-refractivity contribution in [3.63, 3.8) is 0 Å². The van der Waals surface area contributed by atoms with Crippen molar-refractivity contribution >= 4 is 9.20 Å². The van der Waals surface area contributed by atoms with E-state index < -0.39 is 9.20 Å². The monoisotopic (exact) mass is 176 g/mol. The van der Waals surface area contributed by atoms with Gasteiger partial charge < -0.3 is 15.1 Å². The number of nitrogens with one attached hydrogen (secondary N) is 1. The lowest BCUT2D eigenvalue weighted by atomic mass is 10.4. The number of rotatable bonds is 7. The second kappa shape index (κ2) is 8.20.